The Hall–Kier alpha value is -2.12. The highest BCUT2D eigenvalue weighted by Crippen LogP contribution is 2.29. The molecule has 1 fully saturated rings. The SMILES string of the molecule is O=C(CCc1cncc(C(F)(F)F)c1)N1CCOC1=O. The third kappa shape index (κ3) is 3.25. The number of nitrogens with zero attached hydrogens (tertiary/aromatic N) is 2. The van der Waals surface area contributed by atoms with E-state index in [1.165, 1.54) is 6.20 Å². The van der Waals surface area contributed by atoms with Crippen molar-refractivity contribution in [3.63, 3.8) is 0 Å². The number of halogens is 3. The Morgan fingerprint density at radius 2 is 2.15 bits per heavy atom. The summed E-state index contributed by atoms with van der Waals surface area (Å²) in [4.78, 5) is 27.3. The lowest BCUT2D eigenvalue weighted by Crippen LogP contribution is -2.31. The van der Waals surface area contributed by atoms with Crippen LogP contribution in [-0.4, -0.2) is 35.0 Å². The minimum Gasteiger partial charge on any atom is -0.447 e. The van der Waals surface area contributed by atoms with Crippen LogP contribution in [0.25, 0.3) is 0 Å². The van der Waals surface area contributed by atoms with Crippen molar-refractivity contribution in [3.8, 4) is 0 Å². The maximum atomic E-state index is 12.5. The van der Waals surface area contributed by atoms with E-state index in [1.54, 1.807) is 0 Å². The van der Waals surface area contributed by atoms with Gasteiger partial charge in [0.1, 0.15) is 6.61 Å². The summed E-state index contributed by atoms with van der Waals surface area (Å²) >= 11 is 0. The van der Waals surface area contributed by atoms with Crippen LogP contribution in [0, 0.1) is 0 Å². The molecule has 1 aromatic rings. The maximum absolute atomic E-state index is 12.5. The van der Waals surface area contributed by atoms with Crippen LogP contribution in [0.1, 0.15) is 17.5 Å². The monoisotopic (exact) mass is 288 g/mol. The van der Waals surface area contributed by atoms with E-state index in [4.69, 9.17) is 0 Å². The van der Waals surface area contributed by atoms with Crippen molar-refractivity contribution in [2.75, 3.05) is 13.2 Å². The summed E-state index contributed by atoms with van der Waals surface area (Å²) in [7, 11) is 0. The zero-order valence-electron chi connectivity index (χ0n) is 10.3. The molecule has 0 saturated carbocycles. The number of amides is 2. The average Bonchev–Trinajstić information content (AvgIpc) is 2.82. The van der Waals surface area contributed by atoms with E-state index < -0.39 is 23.7 Å². The third-order valence-corrected chi connectivity index (χ3v) is 2.81. The quantitative estimate of drug-likeness (QED) is 0.853. The van der Waals surface area contributed by atoms with Gasteiger partial charge in [-0.2, -0.15) is 13.2 Å². The molecule has 108 valence electrons. The van der Waals surface area contributed by atoms with Gasteiger partial charge in [0, 0.05) is 18.8 Å². The Morgan fingerprint density at radius 3 is 2.75 bits per heavy atom. The van der Waals surface area contributed by atoms with Gasteiger partial charge in [-0.3, -0.25) is 9.78 Å². The first-order valence-electron chi connectivity index (χ1n) is 5.86. The zero-order chi connectivity index (χ0) is 14.8. The number of imide groups is 1. The number of rotatable bonds is 3. The molecule has 1 aliphatic heterocycles. The van der Waals surface area contributed by atoms with Crippen LogP contribution in [0.4, 0.5) is 18.0 Å². The van der Waals surface area contributed by atoms with Crippen molar-refractivity contribution >= 4 is 12.0 Å². The summed E-state index contributed by atoms with van der Waals surface area (Å²) in [6.07, 6.45) is -3.17. The molecule has 0 radical (unpaired) electrons. The molecule has 1 aromatic heterocycles. The van der Waals surface area contributed by atoms with Crippen molar-refractivity contribution in [1.29, 1.82) is 0 Å². The van der Waals surface area contributed by atoms with Gasteiger partial charge in [-0.05, 0) is 18.1 Å². The molecule has 0 aromatic carbocycles. The highest BCUT2D eigenvalue weighted by Gasteiger charge is 2.31. The second-order valence-corrected chi connectivity index (χ2v) is 4.24. The molecule has 20 heavy (non-hydrogen) atoms. The Morgan fingerprint density at radius 1 is 1.40 bits per heavy atom. The van der Waals surface area contributed by atoms with Gasteiger partial charge in [-0.1, -0.05) is 0 Å². The van der Waals surface area contributed by atoms with Gasteiger partial charge in [0.15, 0.2) is 0 Å². The highest BCUT2D eigenvalue weighted by molar-refractivity contribution is 5.92. The van der Waals surface area contributed by atoms with Gasteiger partial charge in [-0.15, -0.1) is 0 Å². The lowest BCUT2D eigenvalue weighted by atomic mass is 10.1. The molecule has 2 heterocycles. The van der Waals surface area contributed by atoms with E-state index in [2.05, 4.69) is 9.72 Å². The standard InChI is InChI=1S/C12H11F3N2O3/c13-12(14,15)9-5-8(6-16-7-9)1-2-10(18)17-3-4-20-11(17)19/h5-7H,1-4H2. The minimum atomic E-state index is -4.47. The summed E-state index contributed by atoms with van der Waals surface area (Å²) in [5.41, 5.74) is -0.566. The molecule has 2 amide bonds. The fourth-order valence-electron chi connectivity index (χ4n) is 1.79. The van der Waals surface area contributed by atoms with Gasteiger partial charge in [0.25, 0.3) is 0 Å². The van der Waals surface area contributed by atoms with Crippen molar-refractivity contribution in [3.05, 3.63) is 29.6 Å². The zero-order valence-corrected chi connectivity index (χ0v) is 10.3. The number of carbonyl (C=O) groups excluding carboxylic acids is 2. The van der Waals surface area contributed by atoms with Gasteiger partial charge >= 0.3 is 12.3 Å². The Bertz CT molecular complexity index is 531. The van der Waals surface area contributed by atoms with Crippen molar-refractivity contribution in [1.82, 2.24) is 9.88 Å². The van der Waals surface area contributed by atoms with E-state index in [9.17, 15) is 22.8 Å². The molecule has 0 atom stereocenters. The predicted octanol–water partition coefficient (Wildman–Crippen LogP) is 2.01. The van der Waals surface area contributed by atoms with E-state index >= 15 is 0 Å². The molecule has 0 N–H and O–H groups in total. The summed E-state index contributed by atoms with van der Waals surface area (Å²) in [6, 6.07) is 0.947. The molecule has 1 aliphatic rings. The van der Waals surface area contributed by atoms with Crippen LogP contribution in [0.3, 0.4) is 0 Å². The first-order valence-corrected chi connectivity index (χ1v) is 5.86. The molecule has 0 bridgehead atoms. The molecule has 2 rings (SSSR count). The topological polar surface area (TPSA) is 59.5 Å². The molecular formula is C12H11F3N2O3. The fraction of sp³-hybridized carbons (Fsp3) is 0.417. The first kappa shape index (κ1) is 14.3. The predicted molar refractivity (Wildman–Crippen MR) is 60.6 cm³/mol. The summed E-state index contributed by atoms with van der Waals surface area (Å²) in [5, 5.41) is 0. The highest BCUT2D eigenvalue weighted by atomic mass is 19.4. The van der Waals surface area contributed by atoms with E-state index in [-0.39, 0.29) is 26.0 Å². The molecule has 1 saturated heterocycles. The number of hydrogen-bond acceptors (Lipinski definition) is 4. The Labute approximate surface area is 112 Å². The van der Waals surface area contributed by atoms with Gasteiger partial charge in [0.05, 0.1) is 12.1 Å². The van der Waals surface area contributed by atoms with Crippen LogP contribution in [0.5, 0.6) is 0 Å². The van der Waals surface area contributed by atoms with Crippen LogP contribution in [0.15, 0.2) is 18.5 Å². The van der Waals surface area contributed by atoms with E-state index in [1.807, 2.05) is 0 Å². The first-order chi connectivity index (χ1) is 9.38. The number of carbonyl (C=O) groups is 2. The van der Waals surface area contributed by atoms with E-state index in [0.717, 1.165) is 17.2 Å². The third-order valence-electron chi connectivity index (χ3n) is 2.81. The fourth-order valence-corrected chi connectivity index (χ4v) is 1.79. The van der Waals surface area contributed by atoms with Crippen LogP contribution < -0.4 is 0 Å². The van der Waals surface area contributed by atoms with Gasteiger partial charge < -0.3 is 4.74 Å². The Kier molecular flexibility index (Phi) is 3.91. The number of alkyl halides is 3. The molecule has 5 nitrogen and oxygen atoms in total. The molecule has 0 aliphatic carbocycles. The lowest BCUT2D eigenvalue weighted by Gasteiger charge is -2.11. The van der Waals surface area contributed by atoms with Crippen molar-refractivity contribution < 1.29 is 27.5 Å². The normalized spacial score (nSPS) is 15.3. The Balaban J connectivity index is 1.97. The van der Waals surface area contributed by atoms with Crippen LogP contribution in [-0.2, 0) is 22.1 Å². The number of pyridine rings is 1. The van der Waals surface area contributed by atoms with Crippen LogP contribution in [0.2, 0.25) is 0 Å². The molecule has 0 unspecified atom stereocenters. The summed E-state index contributed by atoms with van der Waals surface area (Å²) in [6.45, 7) is 0.328. The number of hydrogen-bond donors (Lipinski definition) is 0. The average molecular weight is 288 g/mol. The summed E-state index contributed by atoms with van der Waals surface area (Å²) in [5.74, 6) is -0.468. The lowest BCUT2D eigenvalue weighted by molar-refractivity contribution is -0.137. The molecule has 8 heteroatoms. The number of cyclic esters (lactones) is 1. The van der Waals surface area contributed by atoms with Gasteiger partial charge in [-0.25, -0.2) is 9.69 Å². The van der Waals surface area contributed by atoms with Crippen LogP contribution >= 0.6 is 0 Å². The molecule has 0 spiro atoms. The van der Waals surface area contributed by atoms with Gasteiger partial charge in [0.2, 0.25) is 5.91 Å². The number of ether oxygens (including phenoxy) is 1. The number of aromatic nitrogens is 1. The molecular weight excluding hydrogens is 277 g/mol. The largest absolute Gasteiger partial charge is 0.447 e. The smallest absolute Gasteiger partial charge is 0.417 e. The second-order valence-electron chi connectivity index (χ2n) is 4.24. The number of aryl methyl sites for hydroxylation is 1. The van der Waals surface area contributed by atoms with E-state index in [0.29, 0.717) is 5.56 Å². The summed E-state index contributed by atoms with van der Waals surface area (Å²) < 4.78 is 42.1. The van der Waals surface area contributed by atoms with Crippen molar-refractivity contribution in [2.45, 2.75) is 19.0 Å². The minimum absolute atomic E-state index is 0.0713. The second kappa shape index (κ2) is 5.48. The van der Waals surface area contributed by atoms with Crippen molar-refractivity contribution in [2.24, 2.45) is 0 Å². The maximum Gasteiger partial charge on any atom is 0.417 e.